The Labute approximate surface area is 188 Å². The number of fused-ring (bicyclic) bond motifs is 1. The van der Waals surface area contributed by atoms with E-state index in [1.165, 1.54) is 16.2 Å². The van der Waals surface area contributed by atoms with Gasteiger partial charge in [0.1, 0.15) is 34.1 Å². The van der Waals surface area contributed by atoms with Crippen LogP contribution in [0.3, 0.4) is 0 Å². The molecule has 0 unspecified atom stereocenters. The number of nitrogens with one attached hydrogen (secondary N) is 1. The number of carbonyl (C=O) groups is 1. The maximum Gasteiger partial charge on any atom is 0.235 e. The Hall–Kier alpha value is -3.06. The normalized spacial score (nSPS) is 15.1. The fourth-order valence-corrected chi connectivity index (χ4v) is 6.01. The van der Waals surface area contributed by atoms with Crippen molar-refractivity contribution in [3.8, 4) is 18.2 Å². The van der Waals surface area contributed by atoms with E-state index in [0.29, 0.717) is 26.7 Å². The van der Waals surface area contributed by atoms with Crippen LogP contribution in [-0.4, -0.2) is 16.6 Å². The second-order valence-corrected chi connectivity index (χ2v) is 9.75. The van der Waals surface area contributed by atoms with Crippen LogP contribution in [0.25, 0.3) is 0 Å². The first-order valence-corrected chi connectivity index (χ1v) is 12.0. The molecule has 1 fully saturated rings. The average molecular weight is 449 g/mol. The molecule has 2 aromatic heterocycles. The standard InChI is InChI=1S/C22H20N6OS2/c23-8-14-13-4-2-1-3-5-17(13)31-22(14)27-18(29)11-30-21-16(10-25)19(12-6-7-12)15(9-24)20(26)28-21/h12H,1-7,11H2,(H2,26,28)(H,27,29). The molecule has 2 heterocycles. The van der Waals surface area contributed by atoms with Crippen LogP contribution in [0.4, 0.5) is 10.8 Å². The molecular formula is C22H20N6OS2. The van der Waals surface area contributed by atoms with E-state index >= 15 is 0 Å². The molecule has 3 N–H and O–H groups in total. The molecule has 4 rings (SSSR count). The summed E-state index contributed by atoms with van der Waals surface area (Å²) in [6, 6.07) is 6.49. The zero-order chi connectivity index (χ0) is 22.0. The summed E-state index contributed by atoms with van der Waals surface area (Å²) in [7, 11) is 0. The highest BCUT2D eigenvalue weighted by molar-refractivity contribution is 8.00. The first-order chi connectivity index (χ1) is 15.1. The third-order valence-electron chi connectivity index (χ3n) is 5.57. The van der Waals surface area contributed by atoms with Crippen molar-refractivity contribution >= 4 is 39.8 Å². The van der Waals surface area contributed by atoms with E-state index in [4.69, 9.17) is 5.73 Å². The van der Waals surface area contributed by atoms with Crippen LogP contribution in [0.2, 0.25) is 0 Å². The Morgan fingerprint density at radius 1 is 1.10 bits per heavy atom. The molecule has 1 saturated carbocycles. The molecule has 2 aliphatic rings. The van der Waals surface area contributed by atoms with Crippen molar-refractivity contribution in [3.63, 3.8) is 0 Å². The molecular weight excluding hydrogens is 428 g/mol. The van der Waals surface area contributed by atoms with Gasteiger partial charge in [-0.25, -0.2) is 4.98 Å². The van der Waals surface area contributed by atoms with Gasteiger partial charge in [-0.15, -0.1) is 11.3 Å². The van der Waals surface area contributed by atoms with Crippen LogP contribution in [0, 0.1) is 34.0 Å². The maximum atomic E-state index is 12.6. The van der Waals surface area contributed by atoms with E-state index in [9.17, 15) is 20.6 Å². The number of aromatic nitrogens is 1. The monoisotopic (exact) mass is 448 g/mol. The van der Waals surface area contributed by atoms with E-state index in [0.717, 1.165) is 62.3 Å². The number of amides is 1. The number of thioether (sulfide) groups is 1. The number of rotatable bonds is 5. The maximum absolute atomic E-state index is 12.6. The smallest absolute Gasteiger partial charge is 0.235 e. The Kier molecular flexibility index (Phi) is 6.13. The van der Waals surface area contributed by atoms with Crippen LogP contribution in [0.5, 0.6) is 0 Å². The Morgan fingerprint density at radius 2 is 1.81 bits per heavy atom. The molecule has 0 radical (unpaired) electrons. The molecule has 31 heavy (non-hydrogen) atoms. The van der Waals surface area contributed by atoms with E-state index in [1.807, 2.05) is 0 Å². The number of hydrogen-bond donors (Lipinski definition) is 2. The summed E-state index contributed by atoms with van der Waals surface area (Å²) in [5, 5.41) is 32.6. The number of nitrogen functional groups attached to an aromatic ring is 1. The Bertz CT molecular complexity index is 1180. The lowest BCUT2D eigenvalue weighted by molar-refractivity contribution is -0.113. The number of anilines is 2. The molecule has 1 amide bonds. The van der Waals surface area contributed by atoms with Crippen molar-refractivity contribution < 1.29 is 4.79 Å². The first-order valence-electron chi connectivity index (χ1n) is 10.2. The van der Waals surface area contributed by atoms with Crippen LogP contribution in [-0.2, 0) is 17.6 Å². The van der Waals surface area contributed by atoms with E-state index < -0.39 is 0 Å². The SMILES string of the molecule is N#Cc1c(NC(=O)CSc2nc(N)c(C#N)c(C3CC3)c2C#N)sc2c1CCCCC2. The van der Waals surface area contributed by atoms with Gasteiger partial charge in [-0.3, -0.25) is 4.79 Å². The summed E-state index contributed by atoms with van der Waals surface area (Å²) in [5.41, 5.74) is 8.90. The highest BCUT2D eigenvalue weighted by Crippen LogP contribution is 2.46. The van der Waals surface area contributed by atoms with Gasteiger partial charge in [-0.2, -0.15) is 15.8 Å². The topological polar surface area (TPSA) is 139 Å². The Morgan fingerprint density at radius 3 is 2.48 bits per heavy atom. The second-order valence-electron chi connectivity index (χ2n) is 7.68. The molecule has 7 nitrogen and oxygen atoms in total. The number of nitriles is 3. The third-order valence-corrected chi connectivity index (χ3v) is 7.75. The minimum atomic E-state index is -0.264. The fraction of sp³-hybridized carbons (Fsp3) is 0.409. The summed E-state index contributed by atoms with van der Waals surface area (Å²) in [5.74, 6) is 0.0203. The Balaban J connectivity index is 1.52. The van der Waals surface area contributed by atoms with Gasteiger partial charge in [-0.05, 0) is 55.6 Å². The number of carbonyl (C=O) groups excluding carboxylic acids is 1. The van der Waals surface area contributed by atoms with Crippen LogP contribution in [0.1, 0.15) is 70.7 Å². The predicted octanol–water partition coefficient (Wildman–Crippen LogP) is 4.22. The van der Waals surface area contributed by atoms with Crippen molar-refractivity contribution in [3.05, 3.63) is 32.7 Å². The number of nitrogens with zero attached hydrogens (tertiary/aromatic N) is 4. The lowest BCUT2D eigenvalue weighted by atomic mass is 10.0. The van der Waals surface area contributed by atoms with Crippen molar-refractivity contribution in [2.75, 3.05) is 16.8 Å². The summed E-state index contributed by atoms with van der Waals surface area (Å²) in [6.45, 7) is 0. The lowest BCUT2D eigenvalue weighted by Crippen LogP contribution is -2.15. The third kappa shape index (κ3) is 4.23. The van der Waals surface area contributed by atoms with Gasteiger partial charge in [0.25, 0.3) is 0 Å². The molecule has 0 aromatic carbocycles. The molecule has 0 saturated heterocycles. The van der Waals surface area contributed by atoms with Crippen molar-refractivity contribution in [1.82, 2.24) is 4.98 Å². The number of pyridine rings is 1. The lowest BCUT2D eigenvalue weighted by Gasteiger charge is -2.12. The van der Waals surface area contributed by atoms with Crippen molar-refractivity contribution in [2.24, 2.45) is 0 Å². The van der Waals surface area contributed by atoms with Crippen molar-refractivity contribution in [1.29, 1.82) is 15.8 Å². The first kappa shape index (κ1) is 21.2. The fourth-order valence-electron chi connectivity index (χ4n) is 3.96. The number of aryl methyl sites for hydroxylation is 1. The van der Waals surface area contributed by atoms with Gasteiger partial charge in [0, 0.05) is 4.88 Å². The molecule has 0 bridgehead atoms. The predicted molar refractivity (Wildman–Crippen MR) is 120 cm³/mol. The van der Waals surface area contributed by atoms with Gasteiger partial charge >= 0.3 is 0 Å². The van der Waals surface area contributed by atoms with E-state index in [-0.39, 0.29) is 29.0 Å². The molecule has 0 spiro atoms. The quantitative estimate of drug-likeness (QED) is 0.515. The van der Waals surface area contributed by atoms with Gasteiger partial charge in [0.2, 0.25) is 5.91 Å². The van der Waals surface area contributed by atoms with E-state index in [2.05, 4.69) is 28.5 Å². The number of thiophene rings is 1. The summed E-state index contributed by atoms with van der Waals surface area (Å²) in [6.07, 6.45) is 6.98. The zero-order valence-corrected chi connectivity index (χ0v) is 18.5. The van der Waals surface area contributed by atoms with Crippen LogP contribution in [0.15, 0.2) is 5.03 Å². The van der Waals surface area contributed by atoms with Gasteiger partial charge in [0.05, 0.1) is 22.4 Å². The number of nitrogens with two attached hydrogens (primary N) is 1. The largest absolute Gasteiger partial charge is 0.383 e. The molecule has 2 aliphatic carbocycles. The molecule has 0 atom stereocenters. The number of hydrogen-bond acceptors (Lipinski definition) is 8. The molecule has 9 heteroatoms. The van der Waals surface area contributed by atoms with E-state index in [1.54, 1.807) is 0 Å². The summed E-state index contributed by atoms with van der Waals surface area (Å²) in [4.78, 5) is 18.1. The van der Waals surface area contributed by atoms with Gasteiger partial charge in [0.15, 0.2) is 0 Å². The van der Waals surface area contributed by atoms with Crippen molar-refractivity contribution in [2.45, 2.75) is 55.9 Å². The molecule has 0 aliphatic heterocycles. The molecule has 2 aromatic rings. The van der Waals surface area contributed by atoms with Gasteiger partial charge in [-0.1, -0.05) is 18.2 Å². The summed E-state index contributed by atoms with van der Waals surface area (Å²) >= 11 is 2.62. The minimum absolute atomic E-state index is 0.0323. The second kappa shape index (κ2) is 8.98. The van der Waals surface area contributed by atoms with Crippen LogP contribution < -0.4 is 11.1 Å². The summed E-state index contributed by atoms with van der Waals surface area (Å²) < 4.78 is 0. The van der Waals surface area contributed by atoms with Gasteiger partial charge < -0.3 is 11.1 Å². The zero-order valence-electron chi connectivity index (χ0n) is 16.8. The highest BCUT2D eigenvalue weighted by atomic mass is 32.2. The average Bonchev–Trinajstić information content (AvgIpc) is 3.57. The van der Waals surface area contributed by atoms with Crippen LogP contribution >= 0.6 is 23.1 Å². The highest BCUT2D eigenvalue weighted by Gasteiger charge is 2.32. The molecule has 156 valence electrons. The minimum Gasteiger partial charge on any atom is -0.383 e.